The minimum atomic E-state index is -0.166. The number of ether oxygens (including phenoxy) is 1. The Labute approximate surface area is 205 Å². The van der Waals surface area contributed by atoms with Crippen molar-refractivity contribution in [2.75, 3.05) is 23.8 Å². The zero-order chi connectivity index (χ0) is 23.6. The van der Waals surface area contributed by atoms with Gasteiger partial charge in [-0.25, -0.2) is 9.97 Å². The van der Waals surface area contributed by atoms with Crippen LogP contribution in [0.2, 0.25) is 10.3 Å². The lowest BCUT2D eigenvalue weighted by molar-refractivity contribution is -0.143. The summed E-state index contributed by atoms with van der Waals surface area (Å²) in [5, 5.41) is 16.6. The summed E-state index contributed by atoms with van der Waals surface area (Å²) in [6, 6.07) is 8.05. The number of aryl methyl sites for hydroxylation is 2. The molecule has 0 saturated carbocycles. The average Bonchev–Trinajstić information content (AvgIpc) is 3.09. The highest BCUT2D eigenvalue weighted by atomic mass is 35.5. The van der Waals surface area contributed by atoms with Gasteiger partial charge in [0.25, 0.3) is 0 Å². The van der Waals surface area contributed by atoms with Gasteiger partial charge in [0.05, 0.1) is 13.0 Å². The van der Waals surface area contributed by atoms with Gasteiger partial charge < -0.3 is 20.5 Å². The lowest BCUT2D eigenvalue weighted by atomic mass is 10.1. The molecular formula is C24H32Cl2N4O3. The van der Waals surface area contributed by atoms with Crippen molar-refractivity contribution in [1.29, 1.82) is 0 Å². The fourth-order valence-electron chi connectivity index (χ4n) is 4.14. The molecule has 4 heterocycles. The van der Waals surface area contributed by atoms with E-state index in [1.807, 2.05) is 25.1 Å². The van der Waals surface area contributed by atoms with E-state index in [2.05, 4.69) is 20.6 Å². The molecule has 0 saturated heterocycles. The third kappa shape index (κ3) is 8.02. The first-order valence-electron chi connectivity index (χ1n) is 11.6. The number of aromatic nitrogens is 2. The summed E-state index contributed by atoms with van der Waals surface area (Å²) >= 11 is 11.7. The molecule has 0 aromatic carbocycles. The maximum absolute atomic E-state index is 11.5. The molecule has 0 aliphatic carbocycles. The standard InChI is InChI=1S/C13H17ClN2O2.C11H15ClN2O/c1-2-18-12(17)8-10-5-3-4-9-6-7-11(14)16-13(9)15-10;12-10-5-4-8-2-1-3-9(6-7-15)13-11(8)14-10/h6-7,10H,2-5,8H2,1H3,(H,15,16);4-5,9,15H,1-3,6-7H2,(H,13,14). The van der Waals surface area contributed by atoms with Gasteiger partial charge in [-0.2, -0.15) is 0 Å². The largest absolute Gasteiger partial charge is 0.466 e. The number of carbonyl (C=O) groups excluding carboxylic acids is 1. The second-order valence-corrected chi connectivity index (χ2v) is 9.05. The normalized spacial score (nSPS) is 19.3. The number of rotatable bonds is 5. The van der Waals surface area contributed by atoms with Crippen LogP contribution in [0.15, 0.2) is 24.3 Å². The smallest absolute Gasteiger partial charge is 0.307 e. The maximum atomic E-state index is 11.5. The number of fused-ring (bicyclic) bond motifs is 2. The maximum Gasteiger partial charge on any atom is 0.307 e. The average molecular weight is 495 g/mol. The molecule has 180 valence electrons. The van der Waals surface area contributed by atoms with Crippen LogP contribution in [0.3, 0.4) is 0 Å². The highest BCUT2D eigenvalue weighted by Crippen LogP contribution is 2.26. The van der Waals surface area contributed by atoms with Crippen molar-refractivity contribution in [3.05, 3.63) is 45.7 Å². The molecule has 0 spiro atoms. The van der Waals surface area contributed by atoms with E-state index >= 15 is 0 Å². The van der Waals surface area contributed by atoms with E-state index in [9.17, 15) is 4.79 Å². The topological polar surface area (TPSA) is 96.4 Å². The summed E-state index contributed by atoms with van der Waals surface area (Å²) in [6.07, 6.45) is 7.33. The van der Waals surface area contributed by atoms with E-state index in [0.29, 0.717) is 29.4 Å². The van der Waals surface area contributed by atoms with Crippen LogP contribution >= 0.6 is 23.2 Å². The van der Waals surface area contributed by atoms with Crippen LogP contribution in [0.5, 0.6) is 0 Å². The van der Waals surface area contributed by atoms with Gasteiger partial charge in [-0.05, 0) is 75.1 Å². The highest BCUT2D eigenvalue weighted by Gasteiger charge is 2.20. The predicted molar refractivity (Wildman–Crippen MR) is 132 cm³/mol. The number of aliphatic hydroxyl groups excluding tert-OH is 1. The van der Waals surface area contributed by atoms with Crippen molar-refractivity contribution >= 4 is 40.8 Å². The summed E-state index contributed by atoms with van der Waals surface area (Å²) in [7, 11) is 0. The van der Waals surface area contributed by atoms with Gasteiger partial charge >= 0.3 is 5.97 Å². The Kier molecular flexibility index (Phi) is 10.0. The summed E-state index contributed by atoms with van der Waals surface area (Å²) < 4.78 is 4.97. The van der Waals surface area contributed by atoms with Crippen LogP contribution in [-0.4, -0.2) is 46.3 Å². The fraction of sp³-hybridized carbons (Fsp3) is 0.542. The molecular weight excluding hydrogens is 463 g/mol. The van der Waals surface area contributed by atoms with E-state index in [1.165, 1.54) is 5.56 Å². The summed E-state index contributed by atoms with van der Waals surface area (Å²) in [6.45, 7) is 2.45. The number of hydrogen-bond donors (Lipinski definition) is 3. The van der Waals surface area contributed by atoms with Crippen LogP contribution < -0.4 is 10.6 Å². The number of nitrogens with zero attached hydrogens (tertiary/aromatic N) is 2. The second-order valence-electron chi connectivity index (χ2n) is 8.27. The van der Waals surface area contributed by atoms with Crippen molar-refractivity contribution in [3.63, 3.8) is 0 Å². The van der Waals surface area contributed by atoms with E-state index in [4.69, 9.17) is 33.0 Å². The number of hydrogen-bond acceptors (Lipinski definition) is 7. The number of carbonyl (C=O) groups is 1. The molecule has 2 aliphatic rings. The van der Waals surface area contributed by atoms with E-state index < -0.39 is 0 Å². The molecule has 33 heavy (non-hydrogen) atoms. The van der Waals surface area contributed by atoms with Crippen LogP contribution in [0.25, 0.3) is 0 Å². The molecule has 3 N–H and O–H groups in total. The number of pyridine rings is 2. The minimum absolute atomic E-state index is 0.0799. The summed E-state index contributed by atoms with van der Waals surface area (Å²) in [4.78, 5) is 20.1. The molecule has 0 amide bonds. The van der Waals surface area contributed by atoms with Gasteiger partial charge in [0.15, 0.2) is 0 Å². The Bertz CT molecular complexity index is 929. The second kappa shape index (κ2) is 13.0. The zero-order valence-electron chi connectivity index (χ0n) is 18.9. The molecule has 0 radical (unpaired) electrons. The van der Waals surface area contributed by atoms with Gasteiger partial charge in [0, 0.05) is 18.7 Å². The molecule has 2 aromatic heterocycles. The molecule has 0 bridgehead atoms. The van der Waals surface area contributed by atoms with E-state index in [0.717, 1.165) is 62.1 Å². The molecule has 7 nitrogen and oxygen atoms in total. The third-order valence-corrected chi connectivity index (χ3v) is 6.19. The van der Waals surface area contributed by atoms with Gasteiger partial charge in [-0.3, -0.25) is 4.79 Å². The third-order valence-electron chi connectivity index (χ3n) is 5.76. The van der Waals surface area contributed by atoms with Crippen molar-refractivity contribution in [2.24, 2.45) is 0 Å². The molecule has 0 fully saturated rings. The first-order chi connectivity index (χ1) is 16.0. The number of nitrogens with one attached hydrogen (secondary N) is 2. The molecule has 2 aliphatic heterocycles. The summed E-state index contributed by atoms with van der Waals surface area (Å²) in [5.41, 5.74) is 2.38. The zero-order valence-corrected chi connectivity index (χ0v) is 20.5. The molecule has 2 unspecified atom stereocenters. The number of halogens is 2. The van der Waals surface area contributed by atoms with Crippen LogP contribution in [-0.2, 0) is 22.4 Å². The molecule has 9 heteroatoms. The predicted octanol–water partition coefficient (Wildman–Crippen LogP) is 5.04. The molecule has 2 atom stereocenters. The quantitative estimate of drug-likeness (QED) is 0.395. The molecule has 2 aromatic rings. The van der Waals surface area contributed by atoms with Crippen molar-refractivity contribution < 1.29 is 14.6 Å². The Hall–Kier alpha value is -2.09. The first kappa shape index (κ1) is 25.5. The van der Waals surface area contributed by atoms with Crippen LogP contribution in [0.4, 0.5) is 11.6 Å². The fourth-order valence-corrected chi connectivity index (χ4v) is 4.43. The van der Waals surface area contributed by atoms with Gasteiger partial charge in [-0.15, -0.1) is 0 Å². The Morgan fingerprint density at radius 3 is 2.09 bits per heavy atom. The van der Waals surface area contributed by atoms with E-state index in [-0.39, 0.29) is 18.6 Å². The van der Waals surface area contributed by atoms with Crippen LogP contribution in [0.1, 0.15) is 56.6 Å². The monoisotopic (exact) mass is 494 g/mol. The summed E-state index contributed by atoms with van der Waals surface area (Å²) in [5.74, 6) is 1.52. The minimum Gasteiger partial charge on any atom is -0.466 e. The van der Waals surface area contributed by atoms with Crippen molar-refractivity contribution in [1.82, 2.24) is 9.97 Å². The number of anilines is 2. The number of aliphatic hydroxyl groups is 1. The highest BCUT2D eigenvalue weighted by molar-refractivity contribution is 6.29. The van der Waals surface area contributed by atoms with E-state index in [1.54, 1.807) is 6.07 Å². The first-order valence-corrected chi connectivity index (χ1v) is 12.3. The number of esters is 1. The Balaban J connectivity index is 0.000000189. The molecule has 4 rings (SSSR count). The SMILES string of the molecule is CCOC(=O)CC1CCCc2ccc(Cl)nc2N1.OCCC1CCCc2ccc(Cl)nc2N1. The lowest BCUT2D eigenvalue weighted by Gasteiger charge is -2.16. The lowest BCUT2D eigenvalue weighted by Crippen LogP contribution is -2.24. The Morgan fingerprint density at radius 1 is 1.00 bits per heavy atom. The van der Waals surface area contributed by atoms with Gasteiger partial charge in [-0.1, -0.05) is 35.3 Å². The van der Waals surface area contributed by atoms with Crippen molar-refractivity contribution in [3.8, 4) is 0 Å². The Morgan fingerprint density at radius 2 is 1.55 bits per heavy atom. The van der Waals surface area contributed by atoms with Gasteiger partial charge in [0.2, 0.25) is 0 Å². The van der Waals surface area contributed by atoms with Crippen molar-refractivity contribution in [2.45, 2.75) is 70.4 Å². The van der Waals surface area contributed by atoms with Crippen LogP contribution in [0, 0.1) is 0 Å². The van der Waals surface area contributed by atoms with Gasteiger partial charge in [0.1, 0.15) is 21.9 Å².